The van der Waals surface area contributed by atoms with E-state index in [1.807, 2.05) is 22.4 Å². The first-order valence-electron chi connectivity index (χ1n) is 6.54. The maximum atomic E-state index is 5.78. The number of nitrogens with two attached hydrogens (primary N) is 1. The monoisotopic (exact) mass is 363 g/mol. The quantitative estimate of drug-likeness (QED) is 0.555. The van der Waals surface area contributed by atoms with Gasteiger partial charge in [0.05, 0.1) is 6.33 Å². The lowest BCUT2D eigenvalue weighted by Crippen LogP contribution is -2.00. The molecule has 3 rings (SSSR count). The molecule has 0 bridgehead atoms. The van der Waals surface area contributed by atoms with Crippen molar-refractivity contribution in [2.75, 3.05) is 11.5 Å². The number of hydrogen-bond donors (Lipinski definition) is 1. The molecule has 0 atom stereocenters. The molecular formula is C14H14BrN5S. The molecule has 2 aromatic heterocycles. The topological polar surface area (TPSA) is 69.6 Å². The third-order valence-corrected chi connectivity index (χ3v) is 5.18. The van der Waals surface area contributed by atoms with Crippen LogP contribution in [0.4, 0.5) is 5.82 Å². The van der Waals surface area contributed by atoms with Crippen molar-refractivity contribution in [1.82, 2.24) is 19.5 Å². The summed E-state index contributed by atoms with van der Waals surface area (Å²) in [4.78, 5) is 13.7. The lowest BCUT2D eigenvalue weighted by Gasteiger charge is -2.05. The van der Waals surface area contributed by atoms with E-state index in [0.717, 1.165) is 28.8 Å². The van der Waals surface area contributed by atoms with Crippen molar-refractivity contribution in [3.63, 3.8) is 0 Å². The van der Waals surface area contributed by atoms with Crippen molar-refractivity contribution in [2.45, 2.75) is 17.9 Å². The molecule has 2 heterocycles. The number of aromatic nitrogens is 4. The Morgan fingerprint density at radius 2 is 2.05 bits per heavy atom. The average Bonchev–Trinajstić information content (AvgIpc) is 2.90. The molecule has 0 aliphatic rings. The van der Waals surface area contributed by atoms with Crippen molar-refractivity contribution in [2.24, 2.45) is 0 Å². The van der Waals surface area contributed by atoms with Crippen LogP contribution in [-0.2, 0) is 6.54 Å². The smallest absolute Gasteiger partial charge is 0.165 e. The van der Waals surface area contributed by atoms with E-state index in [1.165, 1.54) is 11.2 Å². The van der Waals surface area contributed by atoms with E-state index in [-0.39, 0.29) is 0 Å². The highest BCUT2D eigenvalue weighted by Crippen LogP contribution is 2.27. The lowest BCUT2D eigenvalue weighted by atomic mass is 10.4. The van der Waals surface area contributed by atoms with Crippen molar-refractivity contribution in [1.29, 1.82) is 0 Å². The SMILES string of the molecule is Nc1ncnc2c1ncn2CCCSc1ccccc1Br. The first kappa shape index (κ1) is 14.3. The van der Waals surface area contributed by atoms with Crippen molar-refractivity contribution in [3.8, 4) is 0 Å². The molecule has 108 valence electrons. The van der Waals surface area contributed by atoms with Gasteiger partial charge in [-0.05, 0) is 40.2 Å². The summed E-state index contributed by atoms with van der Waals surface area (Å²) in [7, 11) is 0. The first-order chi connectivity index (χ1) is 10.3. The fourth-order valence-electron chi connectivity index (χ4n) is 2.04. The number of rotatable bonds is 5. The van der Waals surface area contributed by atoms with Crippen molar-refractivity contribution in [3.05, 3.63) is 41.4 Å². The van der Waals surface area contributed by atoms with Gasteiger partial charge in [0.25, 0.3) is 0 Å². The van der Waals surface area contributed by atoms with E-state index >= 15 is 0 Å². The summed E-state index contributed by atoms with van der Waals surface area (Å²) >= 11 is 5.40. The van der Waals surface area contributed by atoms with Crippen LogP contribution in [0.15, 0.2) is 46.3 Å². The van der Waals surface area contributed by atoms with Gasteiger partial charge in [0.15, 0.2) is 11.5 Å². The van der Waals surface area contributed by atoms with Gasteiger partial charge in [-0.1, -0.05) is 12.1 Å². The van der Waals surface area contributed by atoms with Crippen molar-refractivity contribution >= 4 is 44.7 Å². The number of thioether (sulfide) groups is 1. The van der Waals surface area contributed by atoms with E-state index in [9.17, 15) is 0 Å². The van der Waals surface area contributed by atoms with Gasteiger partial charge in [0.2, 0.25) is 0 Å². The van der Waals surface area contributed by atoms with Crippen LogP contribution in [0.3, 0.4) is 0 Å². The Balaban J connectivity index is 1.60. The standard InChI is InChI=1S/C14H14BrN5S/c15-10-4-1-2-5-11(10)21-7-3-6-20-9-19-12-13(16)17-8-18-14(12)20/h1-2,4-5,8-9H,3,6-7H2,(H2,16,17,18). The summed E-state index contributed by atoms with van der Waals surface area (Å²) in [5.41, 5.74) is 7.26. The minimum absolute atomic E-state index is 0.432. The van der Waals surface area contributed by atoms with Crippen LogP contribution in [0.1, 0.15) is 6.42 Å². The van der Waals surface area contributed by atoms with Gasteiger partial charge < -0.3 is 10.3 Å². The summed E-state index contributed by atoms with van der Waals surface area (Å²) < 4.78 is 3.16. The zero-order valence-corrected chi connectivity index (χ0v) is 13.6. The number of nitrogens with zero attached hydrogens (tertiary/aromatic N) is 4. The molecule has 0 amide bonds. The molecule has 3 aromatic rings. The molecule has 0 radical (unpaired) electrons. The Labute approximate surface area is 135 Å². The third kappa shape index (κ3) is 3.19. The number of nitrogen functional groups attached to an aromatic ring is 1. The predicted octanol–water partition coefficient (Wildman–Crippen LogP) is 3.35. The van der Waals surface area contributed by atoms with Gasteiger partial charge >= 0.3 is 0 Å². The number of halogens is 1. The Kier molecular flexibility index (Phi) is 4.40. The van der Waals surface area contributed by atoms with E-state index in [4.69, 9.17) is 5.73 Å². The number of imidazole rings is 1. The number of hydrogen-bond acceptors (Lipinski definition) is 5. The lowest BCUT2D eigenvalue weighted by molar-refractivity contribution is 0.696. The maximum Gasteiger partial charge on any atom is 0.165 e. The molecule has 2 N–H and O–H groups in total. The van der Waals surface area contributed by atoms with E-state index in [0.29, 0.717) is 11.3 Å². The van der Waals surface area contributed by atoms with E-state index in [1.54, 1.807) is 6.33 Å². The predicted molar refractivity (Wildman–Crippen MR) is 89.2 cm³/mol. The van der Waals surface area contributed by atoms with E-state index in [2.05, 4.69) is 49.1 Å². The van der Waals surface area contributed by atoms with Gasteiger partial charge in [-0.3, -0.25) is 0 Å². The van der Waals surface area contributed by atoms with Gasteiger partial charge in [-0.25, -0.2) is 15.0 Å². The summed E-state index contributed by atoms with van der Waals surface area (Å²) in [6, 6.07) is 8.26. The van der Waals surface area contributed by atoms with Gasteiger partial charge in [0, 0.05) is 15.9 Å². The Hall–Kier alpha value is -1.60. The highest BCUT2D eigenvalue weighted by atomic mass is 79.9. The second-order valence-electron chi connectivity index (χ2n) is 4.50. The minimum Gasteiger partial charge on any atom is -0.382 e. The second kappa shape index (κ2) is 6.44. The molecule has 0 aliphatic carbocycles. The Bertz CT molecular complexity index is 758. The number of anilines is 1. The summed E-state index contributed by atoms with van der Waals surface area (Å²) in [6.07, 6.45) is 4.28. The van der Waals surface area contributed by atoms with Crippen LogP contribution in [0.2, 0.25) is 0 Å². The molecule has 0 unspecified atom stereocenters. The summed E-state index contributed by atoms with van der Waals surface area (Å²) in [6.45, 7) is 0.865. The summed E-state index contributed by atoms with van der Waals surface area (Å²) in [5, 5.41) is 0. The number of aryl methyl sites for hydroxylation is 1. The maximum absolute atomic E-state index is 5.78. The Morgan fingerprint density at radius 1 is 1.19 bits per heavy atom. The van der Waals surface area contributed by atoms with Crippen LogP contribution in [0, 0.1) is 0 Å². The molecule has 0 aliphatic heterocycles. The fourth-order valence-corrected chi connectivity index (χ4v) is 3.54. The highest BCUT2D eigenvalue weighted by molar-refractivity contribution is 9.10. The minimum atomic E-state index is 0.432. The van der Waals surface area contributed by atoms with Crippen LogP contribution in [0.25, 0.3) is 11.2 Å². The normalized spacial score (nSPS) is 11.1. The molecule has 0 fully saturated rings. The van der Waals surface area contributed by atoms with Crippen molar-refractivity contribution < 1.29 is 0 Å². The highest BCUT2D eigenvalue weighted by Gasteiger charge is 2.07. The largest absolute Gasteiger partial charge is 0.382 e. The van der Waals surface area contributed by atoms with Gasteiger partial charge in [-0.2, -0.15) is 0 Å². The molecule has 21 heavy (non-hydrogen) atoms. The summed E-state index contributed by atoms with van der Waals surface area (Å²) in [5.74, 6) is 1.46. The number of fused-ring (bicyclic) bond motifs is 1. The first-order valence-corrected chi connectivity index (χ1v) is 8.32. The zero-order chi connectivity index (χ0) is 14.7. The molecule has 5 nitrogen and oxygen atoms in total. The van der Waals surface area contributed by atoms with Crippen LogP contribution >= 0.6 is 27.7 Å². The Morgan fingerprint density at radius 3 is 2.90 bits per heavy atom. The molecule has 0 spiro atoms. The second-order valence-corrected chi connectivity index (χ2v) is 6.49. The molecule has 0 saturated heterocycles. The van der Waals surface area contributed by atoms with Crippen LogP contribution < -0.4 is 5.73 Å². The van der Waals surface area contributed by atoms with Crippen LogP contribution in [0.5, 0.6) is 0 Å². The third-order valence-electron chi connectivity index (χ3n) is 3.07. The molecular weight excluding hydrogens is 350 g/mol. The van der Waals surface area contributed by atoms with Gasteiger partial charge in [-0.15, -0.1) is 11.8 Å². The zero-order valence-electron chi connectivity index (χ0n) is 11.2. The van der Waals surface area contributed by atoms with Gasteiger partial charge in [0.1, 0.15) is 11.8 Å². The molecule has 1 aromatic carbocycles. The number of benzene rings is 1. The fraction of sp³-hybridized carbons (Fsp3) is 0.214. The van der Waals surface area contributed by atoms with Crippen LogP contribution in [-0.4, -0.2) is 25.3 Å². The molecule has 7 heteroatoms. The molecule has 0 saturated carbocycles. The van der Waals surface area contributed by atoms with E-state index < -0.39 is 0 Å². The average molecular weight is 364 g/mol.